The van der Waals surface area contributed by atoms with Crippen LogP contribution in [0.2, 0.25) is 0 Å². The lowest BCUT2D eigenvalue weighted by Gasteiger charge is -2.06. The molecule has 6 heteroatoms. The van der Waals surface area contributed by atoms with Gasteiger partial charge in [-0.3, -0.25) is 4.79 Å². The summed E-state index contributed by atoms with van der Waals surface area (Å²) in [7, 11) is 1.23. The second-order valence-electron chi connectivity index (χ2n) is 2.90. The summed E-state index contributed by atoms with van der Waals surface area (Å²) in [6.45, 7) is 0. The first kappa shape index (κ1) is 11.3. The summed E-state index contributed by atoms with van der Waals surface area (Å²) in [6.07, 6.45) is 0.111. The molecular weight excluding hydrogens is 202 g/mol. The van der Waals surface area contributed by atoms with Crippen LogP contribution in [0, 0.1) is 0 Å². The van der Waals surface area contributed by atoms with E-state index in [0.29, 0.717) is 5.76 Å². The van der Waals surface area contributed by atoms with Crippen LogP contribution in [0.15, 0.2) is 16.5 Å². The molecule has 0 aliphatic heterocycles. The largest absolute Gasteiger partial charge is 0.475 e. The molecule has 0 saturated heterocycles. The Morgan fingerprint density at radius 2 is 2.27 bits per heavy atom. The van der Waals surface area contributed by atoms with Crippen molar-refractivity contribution in [1.29, 1.82) is 0 Å². The van der Waals surface area contributed by atoms with Gasteiger partial charge in [-0.15, -0.1) is 0 Å². The number of aromatic carboxylic acids is 1. The van der Waals surface area contributed by atoms with Crippen LogP contribution in [0.25, 0.3) is 0 Å². The highest BCUT2D eigenvalue weighted by Gasteiger charge is 2.17. The highest BCUT2D eigenvalue weighted by atomic mass is 16.5. The number of rotatable bonds is 4. The van der Waals surface area contributed by atoms with Gasteiger partial charge in [0, 0.05) is 6.42 Å². The second kappa shape index (κ2) is 4.61. The summed E-state index contributed by atoms with van der Waals surface area (Å²) < 4.78 is 9.34. The Balaban J connectivity index is 2.65. The number of carbonyl (C=O) groups excluding carboxylic acids is 1. The standard InChI is InChI=1S/C9H11NO5/c1-14-9(13)6(10)4-5-2-3-7(15-5)8(11)12/h2-3,6H,4,10H2,1H3,(H,11,12)/t6-/m1/s1. The molecule has 0 aliphatic rings. The number of hydrogen-bond acceptors (Lipinski definition) is 5. The van der Waals surface area contributed by atoms with Crippen molar-refractivity contribution >= 4 is 11.9 Å². The van der Waals surface area contributed by atoms with Crippen LogP contribution >= 0.6 is 0 Å². The number of carboxylic acid groups (broad SMARTS) is 1. The molecule has 0 fully saturated rings. The van der Waals surface area contributed by atoms with Crippen LogP contribution < -0.4 is 5.73 Å². The molecule has 0 radical (unpaired) electrons. The van der Waals surface area contributed by atoms with Gasteiger partial charge in [-0.2, -0.15) is 0 Å². The molecule has 0 unspecified atom stereocenters. The molecule has 15 heavy (non-hydrogen) atoms. The van der Waals surface area contributed by atoms with Crippen molar-refractivity contribution in [3.05, 3.63) is 23.7 Å². The first-order valence-electron chi connectivity index (χ1n) is 4.20. The Morgan fingerprint density at radius 3 is 2.73 bits per heavy atom. The van der Waals surface area contributed by atoms with E-state index in [1.165, 1.54) is 19.2 Å². The summed E-state index contributed by atoms with van der Waals surface area (Å²) in [4.78, 5) is 21.4. The molecule has 6 nitrogen and oxygen atoms in total. The maximum Gasteiger partial charge on any atom is 0.371 e. The van der Waals surface area contributed by atoms with Gasteiger partial charge in [-0.05, 0) is 12.1 Å². The van der Waals surface area contributed by atoms with E-state index in [0.717, 1.165) is 0 Å². The maximum absolute atomic E-state index is 11.0. The molecule has 1 rings (SSSR count). The van der Waals surface area contributed by atoms with E-state index in [-0.39, 0.29) is 12.2 Å². The first-order valence-corrected chi connectivity index (χ1v) is 4.20. The highest BCUT2D eigenvalue weighted by molar-refractivity contribution is 5.84. The van der Waals surface area contributed by atoms with Crippen molar-refractivity contribution in [3.63, 3.8) is 0 Å². The van der Waals surface area contributed by atoms with Gasteiger partial charge in [0.1, 0.15) is 11.8 Å². The molecular formula is C9H11NO5. The van der Waals surface area contributed by atoms with Crippen LogP contribution in [0.3, 0.4) is 0 Å². The van der Waals surface area contributed by atoms with Crippen molar-refractivity contribution in [2.75, 3.05) is 7.11 Å². The smallest absolute Gasteiger partial charge is 0.371 e. The maximum atomic E-state index is 11.0. The Morgan fingerprint density at radius 1 is 1.60 bits per heavy atom. The molecule has 1 atom stereocenters. The minimum Gasteiger partial charge on any atom is -0.475 e. The average molecular weight is 213 g/mol. The summed E-state index contributed by atoms with van der Waals surface area (Å²) >= 11 is 0. The number of methoxy groups -OCH3 is 1. The molecule has 0 spiro atoms. The van der Waals surface area contributed by atoms with Crippen LogP contribution in [-0.2, 0) is 16.0 Å². The molecule has 0 aromatic carbocycles. The average Bonchev–Trinajstić information content (AvgIpc) is 2.65. The van der Waals surface area contributed by atoms with Crippen molar-refractivity contribution in [2.24, 2.45) is 5.73 Å². The van der Waals surface area contributed by atoms with Crippen molar-refractivity contribution in [2.45, 2.75) is 12.5 Å². The van der Waals surface area contributed by atoms with Gasteiger partial charge < -0.3 is 20.0 Å². The summed E-state index contributed by atoms with van der Waals surface area (Å²) in [5, 5.41) is 8.57. The quantitative estimate of drug-likeness (QED) is 0.683. The molecule has 0 aliphatic carbocycles. The minimum atomic E-state index is -1.16. The molecule has 0 amide bonds. The van der Waals surface area contributed by atoms with Gasteiger partial charge >= 0.3 is 11.9 Å². The third-order valence-electron chi connectivity index (χ3n) is 1.80. The number of carboxylic acids is 1. The fraction of sp³-hybridized carbons (Fsp3) is 0.333. The molecule has 82 valence electrons. The van der Waals surface area contributed by atoms with Crippen LogP contribution in [-0.4, -0.2) is 30.2 Å². The van der Waals surface area contributed by atoms with E-state index in [1.54, 1.807) is 0 Å². The van der Waals surface area contributed by atoms with E-state index in [9.17, 15) is 9.59 Å². The Hall–Kier alpha value is -1.82. The predicted molar refractivity (Wildman–Crippen MR) is 49.4 cm³/mol. The van der Waals surface area contributed by atoms with Crippen molar-refractivity contribution in [3.8, 4) is 0 Å². The third kappa shape index (κ3) is 2.81. The van der Waals surface area contributed by atoms with Crippen molar-refractivity contribution in [1.82, 2.24) is 0 Å². The summed E-state index contributed by atoms with van der Waals surface area (Å²) in [5.41, 5.74) is 5.46. The number of nitrogens with two attached hydrogens (primary N) is 1. The van der Waals surface area contributed by atoms with E-state index in [1.807, 2.05) is 0 Å². The fourth-order valence-corrected chi connectivity index (χ4v) is 1.05. The fourth-order valence-electron chi connectivity index (χ4n) is 1.05. The minimum absolute atomic E-state index is 0.111. The molecule has 1 heterocycles. The number of hydrogen-bond donors (Lipinski definition) is 2. The van der Waals surface area contributed by atoms with Gasteiger partial charge in [-0.25, -0.2) is 4.79 Å². The van der Waals surface area contributed by atoms with Crippen molar-refractivity contribution < 1.29 is 23.8 Å². The van der Waals surface area contributed by atoms with Gasteiger partial charge in [0.05, 0.1) is 7.11 Å². The second-order valence-corrected chi connectivity index (χ2v) is 2.90. The number of ether oxygens (including phenoxy) is 1. The molecule has 1 aromatic rings. The predicted octanol–water partition coefficient (Wildman–Crippen LogP) is 0.0206. The zero-order valence-electron chi connectivity index (χ0n) is 8.10. The van der Waals surface area contributed by atoms with E-state index < -0.39 is 18.0 Å². The van der Waals surface area contributed by atoms with E-state index in [4.69, 9.17) is 15.3 Å². The van der Waals surface area contributed by atoms with Crippen LogP contribution in [0.5, 0.6) is 0 Å². The van der Waals surface area contributed by atoms with Gasteiger partial charge in [0.25, 0.3) is 0 Å². The van der Waals surface area contributed by atoms with Crippen LogP contribution in [0.4, 0.5) is 0 Å². The van der Waals surface area contributed by atoms with Crippen LogP contribution in [0.1, 0.15) is 16.3 Å². The Labute approximate surface area is 85.6 Å². The van der Waals surface area contributed by atoms with Gasteiger partial charge in [0.15, 0.2) is 0 Å². The number of carbonyl (C=O) groups is 2. The number of furan rings is 1. The molecule has 3 N–H and O–H groups in total. The summed E-state index contributed by atoms with van der Waals surface area (Å²) in [5.74, 6) is -1.57. The SMILES string of the molecule is COC(=O)[C@H](N)Cc1ccc(C(=O)O)o1. The zero-order chi connectivity index (χ0) is 11.4. The molecule has 0 saturated carbocycles. The normalized spacial score (nSPS) is 12.1. The van der Waals surface area contributed by atoms with E-state index in [2.05, 4.69) is 4.74 Å². The highest BCUT2D eigenvalue weighted by Crippen LogP contribution is 2.09. The lowest BCUT2D eigenvalue weighted by molar-refractivity contribution is -0.142. The Kier molecular flexibility index (Phi) is 3.46. The molecule has 1 aromatic heterocycles. The first-order chi connectivity index (χ1) is 7.04. The topological polar surface area (TPSA) is 103 Å². The summed E-state index contributed by atoms with van der Waals surface area (Å²) in [6, 6.07) is 1.93. The third-order valence-corrected chi connectivity index (χ3v) is 1.80. The monoisotopic (exact) mass is 213 g/mol. The molecule has 0 bridgehead atoms. The van der Waals surface area contributed by atoms with E-state index >= 15 is 0 Å². The zero-order valence-corrected chi connectivity index (χ0v) is 8.10. The van der Waals surface area contributed by atoms with Gasteiger partial charge in [0.2, 0.25) is 5.76 Å². The lowest BCUT2D eigenvalue weighted by atomic mass is 10.2. The lowest BCUT2D eigenvalue weighted by Crippen LogP contribution is -2.33. The Bertz CT molecular complexity index is 370. The number of esters is 1. The van der Waals surface area contributed by atoms with Gasteiger partial charge in [-0.1, -0.05) is 0 Å².